The largest absolute Gasteiger partial charge is 0.497 e. The number of alkyl halides is 2. The first-order chi connectivity index (χ1) is 12.2. The lowest BCUT2D eigenvalue weighted by molar-refractivity contribution is 0.415. The summed E-state index contributed by atoms with van der Waals surface area (Å²) in [5.74, 6) is 2.19. The highest BCUT2D eigenvalue weighted by molar-refractivity contribution is 6.18. The molecular weight excluding hydrogens is 353 g/mol. The molecule has 2 aromatic carbocycles. The predicted octanol–water partition coefficient (Wildman–Crippen LogP) is 5.82. The van der Waals surface area contributed by atoms with Gasteiger partial charge in [0.15, 0.2) is 0 Å². The number of methoxy groups -OCH3 is 1. The third-order valence-corrected chi connectivity index (χ3v) is 4.68. The zero-order chi connectivity index (χ0) is 18.1. The van der Waals surface area contributed by atoms with E-state index >= 15 is 0 Å². The maximum atomic E-state index is 5.85. The summed E-state index contributed by atoms with van der Waals surface area (Å²) in [5, 5.41) is 0. The molecule has 134 valence electrons. The Morgan fingerprint density at radius 1 is 0.880 bits per heavy atom. The van der Waals surface area contributed by atoms with E-state index in [1.165, 1.54) is 5.69 Å². The fourth-order valence-electron chi connectivity index (χ4n) is 2.70. The van der Waals surface area contributed by atoms with E-state index in [-0.39, 0.29) is 0 Å². The third kappa shape index (κ3) is 5.69. The fraction of sp³-hybridized carbons (Fsp3) is 0.333. The predicted molar refractivity (Wildman–Crippen MR) is 110 cm³/mol. The molecule has 0 spiro atoms. The Bertz CT molecular complexity index is 645. The second-order valence-corrected chi connectivity index (χ2v) is 6.58. The van der Waals surface area contributed by atoms with E-state index in [0.29, 0.717) is 11.8 Å². The molecule has 2 nitrogen and oxygen atoms in total. The topological polar surface area (TPSA) is 12.5 Å². The minimum atomic E-state index is 0.670. The lowest BCUT2D eigenvalue weighted by atomic mass is 9.99. The van der Waals surface area contributed by atoms with Crippen LogP contribution in [-0.2, 0) is 0 Å². The molecule has 25 heavy (non-hydrogen) atoms. The molecule has 0 fully saturated rings. The van der Waals surface area contributed by atoms with Crippen molar-refractivity contribution in [1.29, 1.82) is 0 Å². The van der Waals surface area contributed by atoms with Crippen LogP contribution in [0.3, 0.4) is 0 Å². The molecule has 0 aliphatic rings. The van der Waals surface area contributed by atoms with Crippen molar-refractivity contribution in [2.75, 3.05) is 36.9 Å². The Hall–Kier alpha value is -1.64. The molecule has 0 heterocycles. The molecule has 2 aromatic rings. The fourth-order valence-corrected chi connectivity index (χ4v) is 2.94. The molecular formula is C21H25Cl2NO. The van der Waals surface area contributed by atoms with Crippen LogP contribution in [0.2, 0.25) is 0 Å². The van der Waals surface area contributed by atoms with E-state index in [2.05, 4.69) is 35.7 Å². The molecule has 0 aliphatic carbocycles. The van der Waals surface area contributed by atoms with E-state index in [9.17, 15) is 0 Å². The van der Waals surface area contributed by atoms with Gasteiger partial charge < -0.3 is 9.64 Å². The summed E-state index contributed by atoms with van der Waals surface area (Å²) in [7, 11) is 1.67. The van der Waals surface area contributed by atoms with Gasteiger partial charge in [0.1, 0.15) is 5.75 Å². The van der Waals surface area contributed by atoms with Gasteiger partial charge in [-0.3, -0.25) is 0 Å². The van der Waals surface area contributed by atoms with Crippen molar-refractivity contribution < 1.29 is 4.74 Å². The Morgan fingerprint density at radius 2 is 1.36 bits per heavy atom. The Labute approximate surface area is 161 Å². The summed E-state index contributed by atoms with van der Waals surface area (Å²) in [6, 6.07) is 16.5. The zero-order valence-electron chi connectivity index (χ0n) is 14.7. The van der Waals surface area contributed by atoms with E-state index in [4.69, 9.17) is 27.9 Å². The summed E-state index contributed by atoms with van der Waals surface area (Å²) >= 11 is 11.7. The third-order valence-electron chi connectivity index (χ3n) is 4.14. The molecule has 0 aliphatic heterocycles. The number of hydrogen-bond donors (Lipinski definition) is 0. The molecule has 0 atom stereocenters. The SMILES string of the molecule is C=C(c1ccc(OC)cc1)c1ccc(N(CCCCl)CCCCl)cc1. The van der Waals surface area contributed by atoms with Crippen molar-refractivity contribution in [1.82, 2.24) is 0 Å². The van der Waals surface area contributed by atoms with Gasteiger partial charge in [0.2, 0.25) is 0 Å². The lowest BCUT2D eigenvalue weighted by Gasteiger charge is -2.24. The average molecular weight is 378 g/mol. The zero-order valence-corrected chi connectivity index (χ0v) is 16.2. The van der Waals surface area contributed by atoms with Crippen LogP contribution < -0.4 is 9.64 Å². The maximum absolute atomic E-state index is 5.85. The molecule has 4 heteroatoms. The van der Waals surface area contributed by atoms with Gasteiger partial charge in [-0.15, -0.1) is 23.2 Å². The van der Waals surface area contributed by atoms with Gasteiger partial charge in [0.25, 0.3) is 0 Å². The summed E-state index contributed by atoms with van der Waals surface area (Å²) in [6.07, 6.45) is 1.92. The normalized spacial score (nSPS) is 10.5. The van der Waals surface area contributed by atoms with Crippen molar-refractivity contribution in [3.63, 3.8) is 0 Å². The van der Waals surface area contributed by atoms with Gasteiger partial charge in [-0.2, -0.15) is 0 Å². The highest BCUT2D eigenvalue weighted by Gasteiger charge is 2.08. The molecule has 0 saturated heterocycles. The molecule has 0 aromatic heterocycles. The van der Waals surface area contributed by atoms with Gasteiger partial charge in [-0.05, 0) is 53.8 Å². The molecule has 0 radical (unpaired) electrons. The Balaban J connectivity index is 2.11. The molecule has 0 amide bonds. The van der Waals surface area contributed by atoms with Crippen LogP contribution in [0, 0.1) is 0 Å². The molecule has 0 N–H and O–H groups in total. The van der Waals surface area contributed by atoms with Crippen molar-refractivity contribution >= 4 is 34.5 Å². The van der Waals surface area contributed by atoms with Crippen LogP contribution in [0.5, 0.6) is 5.75 Å². The monoisotopic (exact) mass is 377 g/mol. The minimum Gasteiger partial charge on any atom is -0.497 e. The van der Waals surface area contributed by atoms with E-state index in [0.717, 1.165) is 48.4 Å². The number of ether oxygens (including phenoxy) is 1. The van der Waals surface area contributed by atoms with Gasteiger partial charge in [-0.25, -0.2) is 0 Å². The van der Waals surface area contributed by atoms with E-state index in [1.807, 2.05) is 24.3 Å². The smallest absolute Gasteiger partial charge is 0.118 e. The first-order valence-electron chi connectivity index (χ1n) is 8.50. The standard InChI is InChI=1S/C21H25Cl2NO/c1-17(19-7-11-21(25-2)12-8-19)18-5-9-20(10-6-18)24(15-3-13-22)16-4-14-23/h5-12H,1,3-4,13-16H2,2H3. The van der Waals surface area contributed by atoms with Crippen LogP contribution in [0.15, 0.2) is 55.1 Å². The summed E-state index contributed by atoms with van der Waals surface area (Å²) < 4.78 is 5.21. The van der Waals surface area contributed by atoms with Gasteiger partial charge in [-0.1, -0.05) is 30.8 Å². The first kappa shape index (κ1) is 19.7. The Kier molecular flexibility index (Phi) is 8.17. The number of benzene rings is 2. The summed E-state index contributed by atoms with van der Waals surface area (Å²) in [6.45, 7) is 6.12. The van der Waals surface area contributed by atoms with Gasteiger partial charge in [0.05, 0.1) is 7.11 Å². The van der Waals surface area contributed by atoms with Crippen molar-refractivity contribution in [2.24, 2.45) is 0 Å². The quantitative estimate of drug-likeness (QED) is 0.483. The second kappa shape index (κ2) is 10.4. The van der Waals surface area contributed by atoms with Gasteiger partial charge in [0, 0.05) is 30.5 Å². The minimum absolute atomic E-state index is 0.670. The summed E-state index contributed by atoms with van der Waals surface area (Å²) in [5.41, 5.74) is 4.40. The molecule has 0 unspecified atom stereocenters. The number of nitrogens with zero attached hydrogens (tertiary/aromatic N) is 1. The number of hydrogen-bond acceptors (Lipinski definition) is 2. The van der Waals surface area contributed by atoms with Crippen LogP contribution in [0.4, 0.5) is 5.69 Å². The van der Waals surface area contributed by atoms with Crippen molar-refractivity contribution in [3.05, 3.63) is 66.2 Å². The number of rotatable bonds is 10. The molecule has 2 rings (SSSR count). The van der Waals surface area contributed by atoms with Crippen LogP contribution >= 0.6 is 23.2 Å². The number of halogens is 2. The average Bonchev–Trinajstić information content (AvgIpc) is 2.68. The van der Waals surface area contributed by atoms with Crippen molar-refractivity contribution in [3.8, 4) is 5.75 Å². The molecule has 0 bridgehead atoms. The molecule has 0 saturated carbocycles. The second-order valence-electron chi connectivity index (χ2n) is 5.83. The van der Waals surface area contributed by atoms with Crippen LogP contribution in [0.1, 0.15) is 24.0 Å². The van der Waals surface area contributed by atoms with E-state index in [1.54, 1.807) is 7.11 Å². The lowest BCUT2D eigenvalue weighted by Crippen LogP contribution is -2.26. The summed E-state index contributed by atoms with van der Waals surface area (Å²) in [4.78, 5) is 2.34. The van der Waals surface area contributed by atoms with Crippen molar-refractivity contribution in [2.45, 2.75) is 12.8 Å². The van der Waals surface area contributed by atoms with Crippen LogP contribution in [0.25, 0.3) is 5.57 Å². The first-order valence-corrected chi connectivity index (χ1v) is 9.57. The number of anilines is 1. The highest BCUT2D eigenvalue weighted by Crippen LogP contribution is 2.26. The van der Waals surface area contributed by atoms with Crippen LogP contribution in [-0.4, -0.2) is 32.0 Å². The van der Waals surface area contributed by atoms with E-state index < -0.39 is 0 Å². The van der Waals surface area contributed by atoms with Gasteiger partial charge >= 0.3 is 0 Å². The maximum Gasteiger partial charge on any atom is 0.118 e. The highest BCUT2D eigenvalue weighted by atomic mass is 35.5. The Morgan fingerprint density at radius 3 is 1.80 bits per heavy atom.